The fourth-order valence-corrected chi connectivity index (χ4v) is 4.92. The third kappa shape index (κ3) is 5.82. The Morgan fingerprint density at radius 2 is 1.71 bits per heavy atom. The maximum absolute atomic E-state index is 13.0. The van der Waals surface area contributed by atoms with Crippen molar-refractivity contribution in [2.45, 2.75) is 65.0 Å². The van der Waals surface area contributed by atoms with E-state index in [9.17, 15) is 19.6 Å². The molecule has 1 atom stereocenters. The summed E-state index contributed by atoms with van der Waals surface area (Å²) in [6, 6.07) is 8.76. The van der Waals surface area contributed by atoms with Gasteiger partial charge in [-0.2, -0.15) is 10.4 Å². The fourth-order valence-electron chi connectivity index (χ4n) is 4.92. The fraction of sp³-hybridized carbons (Fsp3) is 0.536. The van der Waals surface area contributed by atoms with Gasteiger partial charge in [0.25, 0.3) is 5.91 Å². The zero-order valence-electron chi connectivity index (χ0n) is 22.5. The largest absolute Gasteiger partial charge is 0.461 e. The molecule has 202 valence electrons. The number of hydrogen-bond donors (Lipinski definition) is 0. The minimum absolute atomic E-state index is 0.0169. The number of nitrogens with zero attached hydrogens (tertiary/aromatic N) is 5. The Kier molecular flexibility index (Phi) is 8.05. The number of carbonyl (C=O) groups excluding carboxylic acids is 3. The lowest BCUT2D eigenvalue weighted by Crippen LogP contribution is -2.44. The summed E-state index contributed by atoms with van der Waals surface area (Å²) in [5.41, 5.74) is 1.07. The molecule has 2 aliphatic rings. The molecule has 4 rings (SSSR count). The highest BCUT2D eigenvalue weighted by Crippen LogP contribution is 2.32. The van der Waals surface area contributed by atoms with Gasteiger partial charge in [0, 0.05) is 37.3 Å². The summed E-state index contributed by atoms with van der Waals surface area (Å²) >= 11 is 0. The third-order valence-corrected chi connectivity index (χ3v) is 6.68. The second kappa shape index (κ2) is 11.3. The predicted octanol–water partition coefficient (Wildman–Crippen LogP) is 4.41. The minimum Gasteiger partial charge on any atom is -0.461 e. The highest BCUT2D eigenvalue weighted by atomic mass is 16.6. The van der Waals surface area contributed by atoms with Crippen LogP contribution in [-0.2, 0) is 9.47 Å². The SMILES string of the molecule is CCOC(=O)c1c(C#N)c(-c2ccc(C(=O)N3CCCC3)cc2)nn1C1CCCN(C(=O)OC(C)(C)C)C1. The van der Waals surface area contributed by atoms with Crippen molar-refractivity contribution >= 4 is 18.0 Å². The van der Waals surface area contributed by atoms with Gasteiger partial charge in [0.2, 0.25) is 0 Å². The van der Waals surface area contributed by atoms with Crippen molar-refractivity contribution in [3.8, 4) is 17.3 Å². The quantitative estimate of drug-likeness (QED) is 0.535. The molecule has 10 nitrogen and oxygen atoms in total. The van der Waals surface area contributed by atoms with E-state index < -0.39 is 17.7 Å². The predicted molar refractivity (Wildman–Crippen MR) is 140 cm³/mol. The van der Waals surface area contributed by atoms with Crippen LogP contribution < -0.4 is 0 Å². The Morgan fingerprint density at radius 3 is 2.32 bits per heavy atom. The van der Waals surface area contributed by atoms with Crippen LogP contribution in [0.1, 0.15) is 85.8 Å². The molecule has 0 saturated carbocycles. The Hall–Kier alpha value is -3.87. The molecule has 0 bridgehead atoms. The number of amides is 2. The van der Waals surface area contributed by atoms with Gasteiger partial charge in [0.15, 0.2) is 5.69 Å². The normalized spacial score (nSPS) is 17.7. The number of esters is 1. The number of benzene rings is 1. The standard InChI is InChI=1S/C28H35N5O5/c1-5-37-26(35)24-22(17-29)23(19-10-12-20(13-11-19)25(34)31-14-6-7-15-31)30-33(24)21-9-8-16-32(18-21)27(36)38-28(2,3)4/h10-13,21H,5-9,14-16,18H2,1-4H3. The molecule has 0 radical (unpaired) electrons. The smallest absolute Gasteiger partial charge is 0.410 e. The molecule has 1 aromatic heterocycles. The van der Waals surface area contributed by atoms with E-state index in [4.69, 9.17) is 14.6 Å². The Bertz CT molecular complexity index is 1230. The van der Waals surface area contributed by atoms with Crippen molar-refractivity contribution in [3.63, 3.8) is 0 Å². The van der Waals surface area contributed by atoms with Crippen molar-refractivity contribution < 1.29 is 23.9 Å². The van der Waals surface area contributed by atoms with E-state index in [1.165, 1.54) is 4.68 Å². The molecule has 0 N–H and O–H groups in total. The van der Waals surface area contributed by atoms with Crippen LogP contribution in [0.5, 0.6) is 0 Å². The summed E-state index contributed by atoms with van der Waals surface area (Å²) in [6.45, 7) is 9.62. The first-order chi connectivity index (χ1) is 18.1. The molecule has 1 unspecified atom stereocenters. The van der Waals surface area contributed by atoms with Crippen molar-refractivity contribution in [3.05, 3.63) is 41.1 Å². The monoisotopic (exact) mass is 521 g/mol. The molecule has 38 heavy (non-hydrogen) atoms. The molecular weight excluding hydrogens is 486 g/mol. The van der Waals surface area contributed by atoms with Crippen LogP contribution in [0.2, 0.25) is 0 Å². The first kappa shape index (κ1) is 27.2. The van der Waals surface area contributed by atoms with Crippen LogP contribution >= 0.6 is 0 Å². The summed E-state index contributed by atoms with van der Waals surface area (Å²) < 4.78 is 12.4. The average molecular weight is 522 g/mol. The Labute approximate surface area is 223 Å². The Balaban J connectivity index is 1.68. The van der Waals surface area contributed by atoms with E-state index in [1.54, 1.807) is 36.1 Å². The molecule has 2 aliphatic heterocycles. The lowest BCUT2D eigenvalue weighted by molar-refractivity contribution is 0.0165. The van der Waals surface area contributed by atoms with Crippen molar-refractivity contribution in [1.29, 1.82) is 5.26 Å². The van der Waals surface area contributed by atoms with Gasteiger partial charge < -0.3 is 19.3 Å². The third-order valence-electron chi connectivity index (χ3n) is 6.68. The number of rotatable bonds is 5. The first-order valence-electron chi connectivity index (χ1n) is 13.2. The van der Waals surface area contributed by atoms with Gasteiger partial charge in [-0.15, -0.1) is 0 Å². The van der Waals surface area contributed by atoms with Crippen molar-refractivity contribution in [1.82, 2.24) is 19.6 Å². The number of hydrogen-bond acceptors (Lipinski definition) is 7. The summed E-state index contributed by atoms with van der Waals surface area (Å²) in [5.74, 6) is -0.658. The van der Waals surface area contributed by atoms with Gasteiger partial charge in [-0.3, -0.25) is 9.48 Å². The number of carbonyl (C=O) groups is 3. The molecular formula is C28H35N5O5. The number of piperidine rings is 1. The molecule has 10 heteroatoms. The van der Waals surface area contributed by atoms with Crippen LogP contribution in [0, 0.1) is 11.3 Å². The summed E-state index contributed by atoms with van der Waals surface area (Å²) in [6.07, 6.45) is 2.95. The maximum atomic E-state index is 13.0. The van der Waals surface area contributed by atoms with E-state index in [2.05, 4.69) is 6.07 Å². The number of nitriles is 1. The lowest BCUT2D eigenvalue weighted by atomic mass is 10.0. The van der Waals surface area contributed by atoms with Gasteiger partial charge >= 0.3 is 12.1 Å². The van der Waals surface area contributed by atoms with Gasteiger partial charge in [0.1, 0.15) is 22.9 Å². The van der Waals surface area contributed by atoms with Crippen molar-refractivity contribution in [2.75, 3.05) is 32.8 Å². The summed E-state index contributed by atoms with van der Waals surface area (Å²) in [4.78, 5) is 42.0. The molecule has 2 fully saturated rings. The van der Waals surface area contributed by atoms with Gasteiger partial charge in [-0.1, -0.05) is 12.1 Å². The molecule has 2 saturated heterocycles. The van der Waals surface area contributed by atoms with E-state index in [0.29, 0.717) is 36.2 Å². The molecule has 0 aliphatic carbocycles. The molecule has 0 spiro atoms. The molecule has 2 aromatic rings. The van der Waals surface area contributed by atoms with E-state index in [-0.39, 0.29) is 36.4 Å². The Morgan fingerprint density at radius 1 is 1.05 bits per heavy atom. The van der Waals surface area contributed by atoms with E-state index in [0.717, 1.165) is 25.9 Å². The van der Waals surface area contributed by atoms with Gasteiger partial charge in [-0.25, -0.2) is 9.59 Å². The van der Waals surface area contributed by atoms with Crippen LogP contribution in [0.15, 0.2) is 24.3 Å². The van der Waals surface area contributed by atoms with E-state index in [1.807, 2.05) is 25.7 Å². The maximum Gasteiger partial charge on any atom is 0.410 e. The zero-order valence-corrected chi connectivity index (χ0v) is 22.5. The topological polar surface area (TPSA) is 118 Å². The summed E-state index contributed by atoms with van der Waals surface area (Å²) in [7, 11) is 0. The van der Waals surface area contributed by atoms with Crippen LogP contribution in [0.4, 0.5) is 4.79 Å². The molecule has 2 amide bonds. The first-order valence-corrected chi connectivity index (χ1v) is 13.2. The van der Waals surface area contributed by atoms with Crippen molar-refractivity contribution in [2.24, 2.45) is 0 Å². The number of aromatic nitrogens is 2. The number of likely N-dealkylation sites (tertiary alicyclic amines) is 2. The van der Waals surface area contributed by atoms with Crippen LogP contribution in [-0.4, -0.2) is 75.9 Å². The lowest BCUT2D eigenvalue weighted by Gasteiger charge is -2.34. The van der Waals surface area contributed by atoms with Crippen LogP contribution in [0.3, 0.4) is 0 Å². The minimum atomic E-state index is -0.641. The van der Waals surface area contributed by atoms with Gasteiger partial charge in [0.05, 0.1) is 12.6 Å². The highest BCUT2D eigenvalue weighted by Gasteiger charge is 2.34. The summed E-state index contributed by atoms with van der Waals surface area (Å²) in [5, 5.41) is 14.8. The highest BCUT2D eigenvalue weighted by molar-refractivity contribution is 5.96. The number of ether oxygens (including phenoxy) is 2. The second-order valence-corrected chi connectivity index (χ2v) is 10.6. The average Bonchev–Trinajstić information content (AvgIpc) is 3.56. The van der Waals surface area contributed by atoms with Gasteiger partial charge in [-0.05, 0) is 65.5 Å². The molecule has 1 aromatic carbocycles. The molecule has 3 heterocycles. The second-order valence-electron chi connectivity index (χ2n) is 10.6. The van der Waals surface area contributed by atoms with Crippen LogP contribution in [0.25, 0.3) is 11.3 Å². The van der Waals surface area contributed by atoms with E-state index >= 15 is 0 Å². The zero-order chi connectivity index (χ0) is 27.4.